The van der Waals surface area contributed by atoms with E-state index in [1.165, 1.54) is 14.1 Å². The second kappa shape index (κ2) is 10.8. The van der Waals surface area contributed by atoms with E-state index in [-0.39, 0.29) is 13.2 Å². The van der Waals surface area contributed by atoms with Gasteiger partial charge in [-0.3, -0.25) is 4.79 Å². The molecule has 0 saturated heterocycles. The van der Waals surface area contributed by atoms with Crippen LogP contribution in [-0.4, -0.2) is 60.3 Å². The Morgan fingerprint density at radius 3 is 2.47 bits per heavy atom. The zero-order chi connectivity index (χ0) is 24.9. The normalized spacial score (nSPS) is 11.8. The molecule has 34 heavy (non-hydrogen) atoms. The number of benzene rings is 2. The molecule has 2 aromatic carbocycles. The number of rotatable bonds is 11. The number of aliphatic carboxylic acids is 1. The van der Waals surface area contributed by atoms with Crippen molar-refractivity contribution in [3.05, 3.63) is 71.1 Å². The molecular weight excluding hydrogens is 458 g/mol. The molecule has 0 amide bonds. The maximum atomic E-state index is 12.3. The highest BCUT2D eigenvalue weighted by atomic mass is 32.2. The maximum Gasteiger partial charge on any atom is 0.318 e. The van der Waals surface area contributed by atoms with Gasteiger partial charge in [0.25, 0.3) is 10.2 Å². The minimum atomic E-state index is -3.83. The highest BCUT2D eigenvalue weighted by Crippen LogP contribution is 2.24. The number of nitrogens with zero attached hydrogens (tertiary/aromatic N) is 3. The Morgan fingerprint density at radius 1 is 1.12 bits per heavy atom. The fourth-order valence-corrected chi connectivity index (χ4v) is 4.34. The zero-order valence-corrected chi connectivity index (χ0v) is 20.5. The molecule has 0 aliphatic rings. The first kappa shape index (κ1) is 25.4. The van der Waals surface area contributed by atoms with Crippen LogP contribution in [0.15, 0.2) is 53.1 Å². The van der Waals surface area contributed by atoms with E-state index in [2.05, 4.69) is 4.98 Å². The van der Waals surface area contributed by atoms with E-state index in [4.69, 9.17) is 14.3 Å². The summed E-state index contributed by atoms with van der Waals surface area (Å²) in [5, 5.41) is 9.05. The van der Waals surface area contributed by atoms with Gasteiger partial charge in [-0.25, -0.2) is 4.98 Å². The third-order valence-electron chi connectivity index (χ3n) is 5.23. The predicted molar refractivity (Wildman–Crippen MR) is 128 cm³/mol. The summed E-state index contributed by atoms with van der Waals surface area (Å²) in [6.45, 7) is 3.72. The van der Waals surface area contributed by atoms with E-state index < -0.39 is 22.7 Å². The molecule has 0 atom stereocenters. The number of aryl methyl sites for hydroxylation is 2. The van der Waals surface area contributed by atoms with E-state index in [0.29, 0.717) is 23.8 Å². The van der Waals surface area contributed by atoms with Crippen LogP contribution in [0.4, 0.5) is 0 Å². The van der Waals surface area contributed by atoms with Crippen molar-refractivity contribution in [2.24, 2.45) is 0 Å². The molecule has 0 aliphatic carbocycles. The van der Waals surface area contributed by atoms with Gasteiger partial charge in [0.1, 0.15) is 30.9 Å². The number of ether oxygens (including phenoxy) is 1. The van der Waals surface area contributed by atoms with Crippen LogP contribution in [0.5, 0.6) is 5.75 Å². The smallest absolute Gasteiger partial charge is 0.318 e. The fraction of sp³-hybridized carbons (Fsp3) is 0.333. The van der Waals surface area contributed by atoms with Crippen LogP contribution in [0.25, 0.3) is 11.5 Å². The van der Waals surface area contributed by atoms with E-state index >= 15 is 0 Å². The first-order valence-corrected chi connectivity index (χ1v) is 12.1. The van der Waals surface area contributed by atoms with Gasteiger partial charge in [-0.15, -0.1) is 0 Å². The van der Waals surface area contributed by atoms with Crippen molar-refractivity contribution in [1.82, 2.24) is 13.6 Å². The molecule has 0 unspecified atom stereocenters. The van der Waals surface area contributed by atoms with Crippen molar-refractivity contribution < 1.29 is 27.5 Å². The number of aromatic nitrogens is 1. The summed E-state index contributed by atoms with van der Waals surface area (Å²) >= 11 is 0. The van der Waals surface area contributed by atoms with Crippen LogP contribution in [0.3, 0.4) is 0 Å². The zero-order valence-electron chi connectivity index (χ0n) is 19.7. The molecule has 1 aromatic heterocycles. The quantitative estimate of drug-likeness (QED) is 0.442. The highest BCUT2D eigenvalue weighted by molar-refractivity contribution is 7.86. The van der Waals surface area contributed by atoms with E-state index in [0.717, 1.165) is 30.9 Å². The molecule has 0 fully saturated rings. The minimum Gasteiger partial charge on any atom is -0.487 e. The van der Waals surface area contributed by atoms with E-state index in [9.17, 15) is 13.2 Å². The molecule has 10 heteroatoms. The fourth-order valence-electron chi connectivity index (χ4n) is 3.28. The molecule has 0 saturated carbocycles. The Bertz CT molecular complexity index is 1240. The molecule has 0 aliphatic heterocycles. The van der Waals surface area contributed by atoms with Crippen LogP contribution in [0.2, 0.25) is 0 Å². The van der Waals surface area contributed by atoms with Gasteiger partial charge in [0, 0.05) is 26.2 Å². The van der Waals surface area contributed by atoms with Crippen molar-refractivity contribution in [2.75, 3.05) is 27.2 Å². The molecule has 0 spiro atoms. The largest absolute Gasteiger partial charge is 0.487 e. The van der Waals surface area contributed by atoms with Gasteiger partial charge in [0.05, 0.1) is 0 Å². The third kappa shape index (κ3) is 6.43. The molecule has 3 rings (SSSR count). The Morgan fingerprint density at radius 2 is 1.82 bits per heavy atom. The van der Waals surface area contributed by atoms with Gasteiger partial charge >= 0.3 is 5.97 Å². The summed E-state index contributed by atoms with van der Waals surface area (Å²) in [6.07, 6.45) is 1.94. The number of carbonyl (C=O) groups is 1. The second-order valence-corrected chi connectivity index (χ2v) is 10.3. The van der Waals surface area contributed by atoms with Gasteiger partial charge in [0.2, 0.25) is 5.89 Å². The van der Waals surface area contributed by atoms with Crippen molar-refractivity contribution in [2.45, 2.75) is 26.9 Å². The third-order valence-corrected chi connectivity index (χ3v) is 7.12. The maximum absolute atomic E-state index is 12.3. The molecule has 0 bridgehead atoms. The molecule has 182 valence electrons. The molecule has 3 aromatic rings. The first-order chi connectivity index (χ1) is 16.1. The lowest BCUT2D eigenvalue weighted by Crippen LogP contribution is -2.43. The van der Waals surface area contributed by atoms with Crippen molar-refractivity contribution in [3.63, 3.8) is 0 Å². The lowest BCUT2D eigenvalue weighted by Gasteiger charge is -2.23. The average molecular weight is 488 g/mol. The Balaban J connectivity index is 1.58. The van der Waals surface area contributed by atoms with Crippen molar-refractivity contribution >= 4 is 16.2 Å². The van der Waals surface area contributed by atoms with E-state index in [1.807, 2.05) is 44.2 Å². The van der Waals surface area contributed by atoms with E-state index in [1.54, 1.807) is 18.4 Å². The van der Waals surface area contributed by atoms with Crippen LogP contribution in [0.1, 0.15) is 22.4 Å². The van der Waals surface area contributed by atoms with Crippen LogP contribution in [0, 0.1) is 13.8 Å². The highest BCUT2D eigenvalue weighted by Gasteiger charge is 2.26. The molecule has 0 radical (unpaired) electrons. The van der Waals surface area contributed by atoms with Crippen LogP contribution >= 0.6 is 0 Å². The number of carboxylic acids is 1. The standard InChI is InChI=1S/C24H29N3O6S/c1-17-5-6-18(2)22(13-17)24-25-20(16-33-24)15-32-21-9-7-19(8-10-21)11-12-27(14-23(28)29)34(30,31)26(3)4/h5-10,13,16H,11-12,14-15H2,1-4H3,(H,28,29). The van der Waals surface area contributed by atoms with Gasteiger partial charge < -0.3 is 14.3 Å². The predicted octanol–water partition coefficient (Wildman–Crippen LogP) is 3.27. The Kier molecular flexibility index (Phi) is 8.08. The minimum absolute atomic E-state index is 0.0487. The Hall–Kier alpha value is -3.21. The second-order valence-electron chi connectivity index (χ2n) is 8.16. The summed E-state index contributed by atoms with van der Waals surface area (Å²) in [5.74, 6) is -0.0279. The summed E-state index contributed by atoms with van der Waals surface area (Å²) < 4.78 is 38.1. The SMILES string of the molecule is Cc1ccc(C)c(-c2nc(COc3ccc(CCN(CC(=O)O)S(=O)(=O)N(C)C)cc3)co2)c1. The van der Waals surface area contributed by atoms with Gasteiger partial charge in [0.15, 0.2) is 0 Å². The van der Waals surface area contributed by atoms with Gasteiger partial charge in [-0.2, -0.15) is 17.0 Å². The van der Waals surface area contributed by atoms with Gasteiger partial charge in [-0.1, -0.05) is 29.8 Å². The first-order valence-electron chi connectivity index (χ1n) is 10.7. The summed E-state index contributed by atoms with van der Waals surface area (Å²) in [4.78, 5) is 15.6. The number of hydrogen-bond acceptors (Lipinski definition) is 6. The monoisotopic (exact) mass is 487 g/mol. The van der Waals surface area contributed by atoms with Crippen LogP contribution in [-0.2, 0) is 28.0 Å². The number of hydrogen-bond donors (Lipinski definition) is 1. The molecule has 1 N–H and O–H groups in total. The summed E-state index contributed by atoms with van der Waals surface area (Å²) in [6, 6.07) is 13.3. The van der Waals surface area contributed by atoms with Crippen LogP contribution < -0.4 is 4.74 Å². The molecule has 9 nitrogen and oxygen atoms in total. The average Bonchev–Trinajstić information content (AvgIpc) is 3.26. The Labute approximate surface area is 199 Å². The topological polar surface area (TPSA) is 113 Å². The van der Waals surface area contributed by atoms with Crippen molar-refractivity contribution in [1.29, 1.82) is 0 Å². The molecule has 1 heterocycles. The number of carboxylic acid groups (broad SMARTS) is 1. The number of oxazole rings is 1. The molecular formula is C24H29N3O6S. The lowest BCUT2D eigenvalue weighted by atomic mass is 10.1. The summed E-state index contributed by atoms with van der Waals surface area (Å²) in [5.41, 5.74) is 4.68. The lowest BCUT2D eigenvalue weighted by molar-refractivity contribution is -0.137. The van der Waals surface area contributed by atoms with Gasteiger partial charge in [-0.05, 0) is 49.6 Å². The van der Waals surface area contributed by atoms with Crippen molar-refractivity contribution in [3.8, 4) is 17.2 Å². The summed E-state index contributed by atoms with van der Waals surface area (Å²) in [7, 11) is -1.09.